The van der Waals surface area contributed by atoms with Gasteiger partial charge in [-0.3, -0.25) is 19.5 Å². The summed E-state index contributed by atoms with van der Waals surface area (Å²) in [5, 5.41) is 0. The number of hydrogen-bond acceptors (Lipinski definition) is 6. The fourth-order valence-corrected chi connectivity index (χ4v) is 5.86. The topological polar surface area (TPSA) is 92.0 Å². The van der Waals surface area contributed by atoms with Gasteiger partial charge in [-0.2, -0.15) is 13.2 Å². The molecule has 228 valence electrons. The summed E-state index contributed by atoms with van der Waals surface area (Å²) in [6.07, 6.45) is -2.59. The van der Waals surface area contributed by atoms with Gasteiger partial charge in [0.25, 0.3) is 5.91 Å². The summed E-state index contributed by atoms with van der Waals surface area (Å²) in [4.78, 5) is 34.9. The van der Waals surface area contributed by atoms with E-state index in [9.17, 15) is 22.8 Å². The molecule has 0 unspecified atom stereocenters. The highest BCUT2D eigenvalue weighted by molar-refractivity contribution is 5.91. The molecule has 1 aromatic heterocycles. The molecule has 0 spiro atoms. The van der Waals surface area contributed by atoms with Crippen LogP contribution in [0.15, 0.2) is 54.7 Å². The molecule has 3 aromatic rings. The fourth-order valence-electron chi connectivity index (χ4n) is 5.86. The number of nitrogens with zero attached hydrogens (tertiary/aromatic N) is 4. The Hall–Kier alpha value is -3.96. The first-order valence-corrected chi connectivity index (χ1v) is 14.5. The summed E-state index contributed by atoms with van der Waals surface area (Å²) in [7, 11) is 0. The highest BCUT2D eigenvalue weighted by atomic mass is 19.4. The van der Waals surface area contributed by atoms with Crippen LogP contribution in [-0.4, -0.2) is 70.8 Å². The first-order valence-electron chi connectivity index (χ1n) is 14.5. The number of hydrogen-bond donors (Lipinski definition) is 1. The van der Waals surface area contributed by atoms with Gasteiger partial charge >= 0.3 is 6.18 Å². The SMILES string of the molecule is CCN1CCN(Cc2ccc(CC(=O)N3CCc4ccc(Oc5ccnc(C(N)=O)c5)cc4[C@@H]3C)cc2C(F)(F)F)CC1. The number of alkyl halides is 3. The second-order valence-electron chi connectivity index (χ2n) is 11.1. The van der Waals surface area contributed by atoms with Crippen LogP contribution in [0.25, 0.3) is 0 Å². The van der Waals surface area contributed by atoms with Crippen molar-refractivity contribution >= 4 is 11.8 Å². The van der Waals surface area contributed by atoms with Crippen molar-refractivity contribution in [2.24, 2.45) is 5.73 Å². The number of benzene rings is 2. The zero-order chi connectivity index (χ0) is 30.7. The fraction of sp³-hybridized carbons (Fsp3) is 0.406. The first kappa shape index (κ1) is 30.5. The lowest BCUT2D eigenvalue weighted by molar-refractivity contribution is -0.139. The lowest BCUT2D eigenvalue weighted by Gasteiger charge is -2.36. The molecule has 2 N–H and O–H groups in total. The number of amides is 2. The van der Waals surface area contributed by atoms with Crippen LogP contribution >= 0.6 is 0 Å². The van der Waals surface area contributed by atoms with Gasteiger partial charge < -0.3 is 20.3 Å². The van der Waals surface area contributed by atoms with E-state index in [1.165, 1.54) is 18.3 Å². The van der Waals surface area contributed by atoms with Gasteiger partial charge in [-0.1, -0.05) is 25.1 Å². The number of piperazine rings is 1. The Morgan fingerprint density at radius 3 is 2.40 bits per heavy atom. The smallest absolute Gasteiger partial charge is 0.416 e. The summed E-state index contributed by atoms with van der Waals surface area (Å²) >= 11 is 0. The molecular formula is C32H36F3N5O3. The van der Waals surface area contributed by atoms with Gasteiger partial charge in [0.2, 0.25) is 5.91 Å². The van der Waals surface area contributed by atoms with E-state index in [1.807, 2.05) is 25.1 Å². The highest BCUT2D eigenvalue weighted by Crippen LogP contribution is 2.36. The van der Waals surface area contributed by atoms with Crippen molar-refractivity contribution < 1.29 is 27.5 Å². The Morgan fingerprint density at radius 1 is 0.977 bits per heavy atom. The Bertz CT molecular complexity index is 1490. The minimum absolute atomic E-state index is 0.0807. The second-order valence-corrected chi connectivity index (χ2v) is 11.1. The van der Waals surface area contributed by atoms with Gasteiger partial charge in [0.1, 0.15) is 17.2 Å². The predicted octanol–water partition coefficient (Wildman–Crippen LogP) is 4.82. The second kappa shape index (κ2) is 12.7. The molecule has 2 amide bonds. The summed E-state index contributed by atoms with van der Waals surface area (Å²) < 4.78 is 48.3. The quantitative estimate of drug-likeness (QED) is 0.402. The van der Waals surface area contributed by atoms with Gasteiger partial charge in [-0.25, -0.2) is 0 Å². The lowest BCUT2D eigenvalue weighted by atomic mass is 9.92. The number of likely N-dealkylation sites (N-methyl/N-ethyl adjacent to an activating group) is 1. The minimum Gasteiger partial charge on any atom is -0.457 e. The van der Waals surface area contributed by atoms with E-state index in [-0.39, 0.29) is 36.2 Å². The standard InChI is InChI=1S/C32H36F3N5O3/c1-3-38-12-14-39(15-13-38)20-24-5-4-22(16-28(24)32(33,34)35)17-30(41)40-11-9-23-6-7-25(18-27(23)21(40)2)43-26-8-10-37-29(19-26)31(36)42/h4-8,10,16,18-19,21H,3,9,11-15,17,20H2,1-2H3,(H2,36,42)/t21-/m0/s1. The summed E-state index contributed by atoms with van der Waals surface area (Å²) in [6.45, 7) is 8.75. The maximum Gasteiger partial charge on any atom is 0.416 e. The molecule has 43 heavy (non-hydrogen) atoms. The minimum atomic E-state index is -4.51. The molecule has 0 radical (unpaired) electrons. The van der Waals surface area contributed by atoms with Crippen LogP contribution in [-0.2, 0) is 30.4 Å². The molecule has 3 heterocycles. The van der Waals surface area contributed by atoms with Crippen molar-refractivity contribution in [1.82, 2.24) is 19.7 Å². The van der Waals surface area contributed by atoms with Gasteiger partial charge in [-0.05, 0) is 66.4 Å². The Morgan fingerprint density at radius 2 is 1.70 bits per heavy atom. The molecule has 1 fully saturated rings. The van der Waals surface area contributed by atoms with Crippen LogP contribution in [0.1, 0.15) is 58.2 Å². The monoisotopic (exact) mass is 595 g/mol. The number of aromatic nitrogens is 1. The van der Waals surface area contributed by atoms with Crippen LogP contribution in [0.5, 0.6) is 11.5 Å². The van der Waals surface area contributed by atoms with Gasteiger partial charge in [0, 0.05) is 51.5 Å². The molecule has 1 atom stereocenters. The Balaban J connectivity index is 1.29. The van der Waals surface area contributed by atoms with E-state index in [0.29, 0.717) is 30.0 Å². The van der Waals surface area contributed by atoms with Crippen molar-refractivity contribution in [2.45, 2.75) is 45.5 Å². The van der Waals surface area contributed by atoms with Crippen LogP contribution in [0, 0.1) is 0 Å². The van der Waals surface area contributed by atoms with Gasteiger partial charge in [0.15, 0.2) is 0 Å². The first-order chi connectivity index (χ1) is 20.5. The van der Waals surface area contributed by atoms with Crippen molar-refractivity contribution in [3.05, 3.63) is 88.2 Å². The van der Waals surface area contributed by atoms with Crippen molar-refractivity contribution in [2.75, 3.05) is 39.3 Å². The number of pyridine rings is 1. The number of carbonyl (C=O) groups excluding carboxylic acids is 2. The number of fused-ring (bicyclic) bond motifs is 1. The van der Waals surface area contributed by atoms with Gasteiger partial charge in [0.05, 0.1) is 18.0 Å². The zero-order valence-corrected chi connectivity index (χ0v) is 24.4. The molecule has 2 aromatic carbocycles. The van der Waals surface area contributed by atoms with Crippen molar-refractivity contribution in [3.8, 4) is 11.5 Å². The average molecular weight is 596 g/mol. The Labute approximate surface area is 249 Å². The maximum absolute atomic E-state index is 14.1. The molecule has 0 aliphatic carbocycles. The molecular weight excluding hydrogens is 559 g/mol. The predicted molar refractivity (Wildman–Crippen MR) is 156 cm³/mol. The van der Waals surface area contributed by atoms with E-state index < -0.39 is 17.6 Å². The number of rotatable bonds is 8. The van der Waals surface area contributed by atoms with Crippen molar-refractivity contribution in [3.63, 3.8) is 0 Å². The molecule has 5 rings (SSSR count). The molecule has 2 aliphatic heterocycles. The maximum atomic E-state index is 14.1. The van der Waals surface area contributed by atoms with Crippen LogP contribution in [0.4, 0.5) is 13.2 Å². The van der Waals surface area contributed by atoms with E-state index >= 15 is 0 Å². The van der Waals surface area contributed by atoms with Gasteiger partial charge in [-0.15, -0.1) is 0 Å². The third-order valence-corrected chi connectivity index (χ3v) is 8.34. The van der Waals surface area contributed by atoms with E-state index in [2.05, 4.69) is 21.7 Å². The number of carbonyl (C=O) groups is 2. The molecule has 8 nitrogen and oxygen atoms in total. The van der Waals surface area contributed by atoms with Crippen LogP contribution in [0.3, 0.4) is 0 Å². The highest BCUT2D eigenvalue weighted by Gasteiger charge is 2.35. The molecule has 1 saturated heterocycles. The number of nitrogens with two attached hydrogens (primary N) is 1. The number of halogens is 3. The average Bonchev–Trinajstić information content (AvgIpc) is 2.98. The molecule has 0 saturated carbocycles. The Kier molecular flexibility index (Phi) is 9.03. The third-order valence-electron chi connectivity index (χ3n) is 8.34. The van der Waals surface area contributed by atoms with E-state index in [4.69, 9.17) is 10.5 Å². The number of ether oxygens (including phenoxy) is 1. The number of primary amides is 1. The molecule has 0 bridgehead atoms. The summed E-state index contributed by atoms with van der Waals surface area (Å²) in [5.41, 5.74) is 7.26. The molecule has 2 aliphatic rings. The lowest BCUT2D eigenvalue weighted by Crippen LogP contribution is -2.45. The largest absolute Gasteiger partial charge is 0.457 e. The molecule has 11 heteroatoms. The van der Waals surface area contributed by atoms with Crippen LogP contribution in [0.2, 0.25) is 0 Å². The van der Waals surface area contributed by atoms with Crippen molar-refractivity contribution in [1.29, 1.82) is 0 Å². The van der Waals surface area contributed by atoms with E-state index in [0.717, 1.165) is 49.9 Å². The summed E-state index contributed by atoms with van der Waals surface area (Å²) in [5.74, 6) is 0.0118. The third kappa shape index (κ3) is 7.17. The normalized spacial score (nSPS) is 17.9. The zero-order valence-electron chi connectivity index (χ0n) is 24.4. The van der Waals surface area contributed by atoms with E-state index in [1.54, 1.807) is 17.0 Å². The summed E-state index contributed by atoms with van der Waals surface area (Å²) in [6, 6.07) is 12.7. The van der Waals surface area contributed by atoms with Crippen LogP contribution < -0.4 is 10.5 Å².